The van der Waals surface area contributed by atoms with Gasteiger partial charge in [0, 0.05) is 5.56 Å². The van der Waals surface area contributed by atoms with Crippen molar-refractivity contribution in [2.75, 3.05) is 11.1 Å². The minimum absolute atomic E-state index is 0.153. The molecule has 0 unspecified atom stereocenters. The summed E-state index contributed by atoms with van der Waals surface area (Å²) in [5.41, 5.74) is 2.75. The number of aromatic nitrogens is 4. The Bertz CT molecular complexity index is 1550. The van der Waals surface area contributed by atoms with Gasteiger partial charge in [-0.25, -0.2) is 4.98 Å². The van der Waals surface area contributed by atoms with E-state index in [1.807, 2.05) is 59.9 Å². The summed E-state index contributed by atoms with van der Waals surface area (Å²) in [6.07, 6.45) is -4.57. The molecule has 3 aromatic carbocycles. The molecule has 0 aliphatic carbocycles. The van der Waals surface area contributed by atoms with E-state index in [1.54, 1.807) is 0 Å². The number of hydrogen-bond donors (Lipinski definition) is 1. The Labute approximate surface area is 202 Å². The second kappa shape index (κ2) is 9.03. The maximum atomic E-state index is 13.3. The average molecular weight is 494 g/mol. The number of carbonyl (C=O) groups excluding carboxylic acids is 1. The number of amides is 1. The molecule has 1 N–H and O–H groups in total. The van der Waals surface area contributed by atoms with E-state index in [2.05, 4.69) is 20.5 Å². The van der Waals surface area contributed by atoms with Crippen LogP contribution < -0.4 is 5.32 Å². The second-order valence-electron chi connectivity index (χ2n) is 7.83. The lowest BCUT2D eigenvalue weighted by atomic mass is 10.1. The van der Waals surface area contributed by atoms with Gasteiger partial charge in [0.2, 0.25) is 5.91 Å². The molecule has 35 heavy (non-hydrogen) atoms. The number of rotatable bonds is 5. The molecule has 5 aromatic rings. The van der Waals surface area contributed by atoms with Crippen LogP contribution in [-0.2, 0) is 11.0 Å². The van der Waals surface area contributed by atoms with Crippen molar-refractivity contribution in [3.05, 3.63) is 83.9 Å². The third-order valence-corrected chi connectivity index (χ3v) is 6.31. The van der Waals surface area contributed by atoms with Crippen LogP contribution in [0.3, 0.4) is 0 Å². The minimum atomic E-state index is -4.57. The van der Waals surface area contributed by atoms with Crippen molar-refractivity contribution >= 4 is 40.0 Å². The van der Waals surface area contributed by atoms with Crippen molar-refractivity contribution in [1.82, 2.24) is 19.6 Å². The fourth-order valence-electron chi connectivity index (χ4n) is 3.70. The van der Waals surface area contributed by atoms with Gasteiger partial charge in [0.25, 0.3) is 0 Å². The number of fused-ring (bicyclic) bond motifs is 3. The van der Waals surface area contributed by atoms with Crippen molar-refractivity contribution < 1.29 is 18.0 Å². The highest BCUT2D eigenvalue weighted by atomic mass is 32.2. The zero-order valence-corrected chi connectivity index (χ0v) is 19.2. The Kier molecular flexibility index (Phi) is 5.89. The van der Waals surface area contributed by atoms with Crippen molar-refractivity contribution in [1.29, 1.82) is 0 Å². The predicted octanol–water partition coefficient (Wildman–Crippen LogP) is 6.00. The standard InChI is InChI=1S/C25H18F3N5OS/c1-15-10-12-16(13-11-15)22-31-32-23-24(30-19-8-4-5-9-20(19)33(22)23)35-14-21(34)29-18-7-3-2-6-17(18)25(26,27)28/h2-13H,14H2,1H3,(H,29,34). The number of benzene rings is 3. The fraction of sp³-hybridized carbons (Fsp3) is 0.120. The number of alkyl halides is 3. The van der Waals surface area contributed by atoms with Crippen LogP contribution in [0.25, 0.3) is 28.1 Å². The number of aryl methyl sites for hydroxylation is 1. The van der Waals surface area contributed by atoms with Crippen LogP contribution in [0.4, 0.5) is 18.9 Å². The van der Waals surface area contributed by atoms with Crippen molar-refractivity contribution in [3.8, 4) is 11.4 Å². The molecule has 5 rings (SSSR count). The first-order valence-corrected chi connectivity index (χ1v) is 11.6. The van der Waals surface area contributed by atoms with Crippen LogP contribution in [0.1, 0.15) is 11.1 Å². The molecule has 0 saturated carbocycles. The third-order valence-electron chi connectivity index (χ3n) is 5.36. The highest BCUT2D eigenvalue weighted by Gasteiger charge is 2.33. The van der Waals surface area contributed by atoms with Crippen LogP contribution >= 0.6 is 11.8 Å². The molecule has 0 spiro atoms. The van der Waals surface area contributed by atoms with E-state index in [0.29, 0.717) is 22.0 Å². The Morgan fingerprint density at radius 3 is 2.46 bits per heavy atom. The molecule has 176 valence electrons. The third kappa shape index (κ3) is 4.57. The van der Waals surface area contributed by atoms with Gasteiger partial charge in [0.05, 0.1) is 28.0 Å². The first-order valence-electron chi connectivity index (χ1n) is 10.6. The van der Waals surface area contributed by atoms with Crippen LogP contribution in [0.5, 0.6) is 0 Å². The quantitative estimate of drug-likeness (QED) is 0.304. The summed E-state index contributed by atoms with van der Waals surface area (Å²) < 4.78 is 41.6. The summed E-state index contributed by atoms with van der Waals surface area (Å²) in [4.78, 5) is 17.2. The summed E-state index contributed by atoms with van der Waals surface area (Å²) in [5, 5.41) is 11.5. The maximum absolute atomic E-state index is 13.3. The van der Waals surface area contributed by atoms with Crippen LogP contribution in [0, 0.1) is 6.92 Å². The molecule has 0 bridgehead atoms. The Morgan fingerprint density at radius 1 is 0.971 bits per heavy atom. The van der Waals surface area contributed by atoms with Crippen LogP contribution in [-0.4, -0.2) is 31.2 Å². The Morgan fingerprint density at radius 2 is 1.69 bits per heavy atom. The summed E-state index contributed by atoms with van der Waals surface area (Å²) in [6, 6.07) is 20.3. The average Bonchev–Trinajstić information content (AvgIpc) is 3.28. The number of para-hydroxylation sites is 3. The number of nitrogens with zero attached hydrogens (tertiary/aromatic N) is 4. The summed E-state index contributed by atoms with van der Waals surface area (Å²) in [7, 11) is 0. The van der Waals surface area contributed by atoms with E-state index in [0.717, 1.165) is 34.5 Å². The van der Waals surface area contributed by atoms with E-state index in [-0.39, 0.29) is 11.4 Å². The lowest BCUT2D eigenvalue weighted by Crippen LogP contribution is -2.18. The van der Waals surface area contributed by atoms with Gasteiger partial charge in [-0.05, 0) is 31.2 Å². The van der Waals surface area contributed by atoms with Crippen LogP contribution in [0.15, 0.2) is 77.8 Å². The normalized spacial score (nSPS) is 11.8. The Hall–Kier alpha value is -3.92. The molecule has 0 aliphatic rings. The maximum Gasteiger partial charge on any atom is 0.418 e. The lowest BCUT2D eigenvalue weighted by Gasteiger charge is -2.13. The van der Waals surface area contributed by atoms with Gasteiger partial charge in [-0.3, -0.25) is 9.20 Å². The second-order valence-corrected chi connectivity index (χ2v) is 8.80. The first-order chi connectivity index (χ1) is 16.8. The van der Waals surface area contributed by atoms with Crippen molar-refractivity contribution in [3.63, 3.8) is 0 Å². The van der Waals surface area contributed by atoms with Gasteiger partial charge >= 0.3 is 6.18 Å². The van der Waals surface area contributed by atoms with E-state index < -0.39 is 17.6 Å². The molecular weight excluding hydrogens is 475 g/mol. The monoisotopic (exact) mass is 493 g/mol. The minimum Gasteiger partial charge on any atom is -0.325 e. The highest BCUT2D eigenvalue weighted by molar-refractivity contribution is 8.00. The molecule has 0 aliphatic heterocycles. The fourth-order valence-corrected chi connectivity index (χ4v) is 4.47. The van der Waals surface area contributed by atoms with E-state index in [4.69, 9.17) is 0 Å². The molecule has 0 radical (unpaired) electrons. The number of thioether (sulfide) groups is 1. The number of anilines is 1. The molecule has 0 saturated heterocycles. The van der Waals surface area contributed by atoms with Crippen molar-refractivity contribution in [2.24, 2.45) is 0 Å². The topological polar surface area (TPSA) is 72.2 Å². The van der Waals surface area contributed by atoms with Gasteiger partial charge in [-0.15, -0.1) is 10.2 Å². The Balaban J connectivity index is 1.47. The van der Waals surface area contributed by atoms with Gasteiger partial charge in [-0.2, -0.15) is 13.2 Å². The van der Waals surface area contributed by atoms with Gasteiger partial charge in [0.15, 0.2) is 11.5 Å². The zero-order valence-electron chi connectivity index (χ0n) is 18.4. The molecule has 0 fully saturated rings. The summed E-state index contributed by atoms with van der Waals surface area (Å²) in [5.74, 6) is -0.109. The van der Waals surface area contributed by atoms with E-state index >= 15 is 0 Å². The van der Waals surface area contributed by atoms with Crippen LogP contribution in [0.2, 0.25) is 0 Å². The van der Waals surface area contributed by atoms with E-state index in [1.165, 1.54) is 18.2 Å². The molecule has 2 aromatic heterocycles. The lowest BCUT2D eigenvalue weighted by molar-refractivity contribution is -0.137. The molecule has 2 heterocycles. The van der Waals surface area contributed by atoms with E-state index in [9.17, 15) is 18.0 Å². The molecule has 10 heteroatoms. The molecule has 6 nitrogen and oxygen atoms in total. The highest BCUT2D eigenvalue weighted by Crippen LogP contribution is 2.35. The first kappa shape index (κ1) is 22.9. The molecule has 0 atom stereocenters. The predicted molar refractivity (Wildman–Crippen MR) is 129 cm³/mol. The van der Waals surface area contributed by atoms with Crippen molar-refractivity contribution in [2.45, 2.75) is 18.1 Å². The number of nitrogens with one attached hydrogen (secondary N) is 1. The number of halogens is 3. The SMILES string of the molecule is Cc1ccc(-c2nnc3c(SCC(=O)Nc4ccccc4C(F)(F)F)nc4ccccc4n23)cc1. The summed E-state index contributed by atoms with van der Waals surface area (Å²) >= 11 is 1.09. The van der Waals surface area contributed by atoms with Gasteiger partial charge in [-0.1, -0.05) is 65.9 Å². The number of hydrogen-bond acceptors (Lipinski definition) is 5. The largest absolute Gasteiger partial charge is 0.418 e. The van der Waals surface area contributed by atoms with Gasteiger partial charge in [0.1, 0.15) is 5.03 Å². The van der Waals surface area contributed by atoms with Gasteiger partial charge < -0.3 is 5.32 Å². The smallest absolute Gasteiger partial charge is 0.325 e. The summed E-state index contributed by atoms with van der Waals surface area (Å²) in [6.45, 7) is 2.00. The zero-order chi connectivity index (χ0) is 24.6. The number of carbonyl (C=O) groups is 1. The molecular formula is C25H18F3N5OS. The molecule has 1 amide bonds.